The SMILES string of the molecule is CCCCCN=C(N)N1CCN(C(=O)C(O)(c2ccccc2)C2CCCC2)CC1. The molecule has 1 unspecified atom stereocenters. The zero-order valence-corrected chi connectivity index (χ0v) is 17.7. The van der Waals surface area contributed by atoms with E-state index in [2.05, 4.69) is 11.9 Å². The molecule has 1 aromatic carbocycles. The third kappa shape index (κ3) is 4.92. The number of piperazine rings is 1. The van der Waals surface area contributed by atoms with Gasteiger partial charge in [-0.1, -0.05) is 62.9 Å². The van der Waals surface area contributed by atoms with Crippen molar-refractivity contribution in [3.63, 3.8) is 0 Å². The van der Waals surface area contributed by atoms with E-state index in [9.17, 15) is 9.90 Å². The molecular formula is C23H36N4O2. The number of carbonyl (C=O) groups excluding carboxylic acids is 1. The Morgan fingerprint density at radius 1 is 1.10 bits per heavy atom. The lowest BCUT2D eigenvalue weighted by Gasteiger charge is -2.41. The van der Waals surface area contributed by atoms with Crippen LogP contribution in [0.3, 0.4) is 0 Å². The summed E-state index contributed by atoms with van der Waals surface area (Å²) in [7, 11) is 0. The van der Waals surface area contributed by atoms with Crippen molar-refractivity contribution in [3.05, 3.63) is 35.9 Å². The third-order valence-corrected chi connectivity index (χ3v) is 6.41. The maximum absolute atomic E-state index is 13.5. The van der Waals surface area contributed by atoms with Gasteiger partial charge in [-0.2, -0.15) is 0 Å². The zero-order valence-electron chi connectivity index (χ0n) is 17.7. The number of hydrogen-bond acceptors (Lipinski definition) is 3. The molecule has 2 fully saturated rings. The summed E-state index contributed by atoms with van der Waals surface area (Å²) in [6.45, 7) is 5.37. The molecule has 1 saturated carbocycles. The molecule has 6 heteroatoms. The average molecular weight is 401 g/mol. The van der Waals surface area contributed by atoms with Crippen molar-refractivity contribution in [2.75, 3.05) is 32.7 Å². The molecule has 3 N–H and O–H groups in total. The summed E-state index contributed by atoms with van der Waals surface area (Å²) in [6.07, 6.45) is 7.34. The number of benzene rings is 1. The average Bonchev–Trinajstić information content (AvgIpc) is 3.32. The first-order valence-corrected chi connectivity index (χ1v) is 11.2. The smallest absolute Gasteiger partial charge is 0.259 e. The summed E-state index contributed by atoms with van der Waals surface area (Å²) in [5, 5.41) is 11.7. The lowest BCUT2D eigenvalue weighted by Crippen LogP contribution is -2.58. The highest BCUT2D eigenvalue weighted by Gasteiger charge is 2.48. The first-order valence-electron chi connectivity index (χ1n) is 11.2. The third-order valence-electron chi connectivity index (χ3n) is 6.41. The highest BCUT2D eigenvalue weighted by Crippen LogP contribution is 2.42. The molecule has 0 radical (unpaired) electrons. The molecule has 6 nitrogen and oxygen atoms in total. The van der Waals surface area contributed by atoms with Gasteiger partial charge in [-0.05, 0) is 24.8 Å². The van der Waals surface area contributed by atoms with Gasteiger partial charge in [0, 0.05) is 38.6 Å². The van der Waals surface area contributed by atoms with E-state index in [1.165, 1.54) is 6.42 Å². The Morgan fingerprint density at radius 2 is 1.72 bits per heavy atom. The number of aliphatic imine (C=N–C) groups is 1. The van der Waals surface area contributed by atoms with Crippen LogP contribution in [0.1, 0.15) is 57.4 Å². The number of unbranched alkanes of at least 4 members (excludes halogenated alkanes) is 2. The van der Waals surface area contributed by atoms with Crippen LogP contribution in [0.25, 0.3) is 0 Å². The van der Waals surface area contributed by atoms with Gasteiger partial charge in [0.15, 0.2) is 11.6 Å². The molecular weight excluding hydrogens is 364 g/mol. The molecule has 1 atom stereocenters. The second kappa shape index (κ2) is 10.1. The number of nitrogens with zero attached hydrogens (tertiary/aromatic N) is 3. The predicted octanol–water partition coefficient (Wildman–Crippen LogP) is 2.71. The van der Waals surface area contributed by atoms with Crippen molar-refractivity contribution in [3.8, 4) is 0 Å². The number of rotatable bonds is 7. The zero-order chi connectivity index (χ0) is 20.7. The molecule has 0 spiro atoms. The first-order chi connectivity index (χ1) is 14.1. The van der Waals surface area contributed by atoms with Crippen LogP contribution in [0.2, 0.25) is 0 Å². The van der Waals surface area contributed by atoms with Crippen LogP contribution in [0, 0.1) is 5.92 Å². The summed E-state index contributed by atoms with van der Waals surface area (Å²) in [5.74, 6) is 0.400. The van der Waals surface area contributed by atoms with Crippen molar-refractivity contribution < 1.29 is 9.90 Å². The molecule has 2 aliphatic rings. The van der Waals surface area contributed by atoms with E-state index in [1.807, 2.05) is 40.1 Å². The molecule has 0 aromatic heterocycles. The number of guanidine groups is 1. The van der Waals surface area contributed by atoms with E-state index in [-0.39, 0.29) is 11.8 Å². The maximum Gasteiger partial charge on any atom is 0.259 e. The van der Waals surface area contributed by atoms with Crippen molar-refractivity contribution >= 4 is 11.9 Å². The molecule has 1 heterocycles. The van der Waals surface area contributed by atoms with Crippen molar-refractivity contribution in [1.29, 1.82) is 0 Å². The Bertz CT molecular complexity index is 679. The maximum atomic E-state index is 13.5. The largest absolute Gasteiger partial charge is 0.375 e. The van der Waals surface area contributed by atoms with Crippen LogP contribution in [-0.2, 0) is 10.4 Å². The predicted molar refractivity (Wildman–Crippen MR) is 116 cm³/mol. The molecule has 1 amide bonds. The highest BCUT2D eigenvalue weighted by atomic mass is 16.3. The molecule has 3 rings (SSSR count). The molecule has 1 aliphatic carbocycles. The van der Waals surface area contributed by atoms with Crippen LogP contribution in [-0.4, -0.2) is 59.5 Å². The quantitative estimate of drug-likeness (QED) is 0.419. The minimum absolute atomic E-state index is 0.0133. The number of amides is 1. The molecule has 1 aliphatic heterocycles. The Morgan fingerprint density at radius 3 is 2.34 bits per heavy atom. The van der Waals surface area contributed by atoms with E-state index in [0.717, 1.165) is 50.6 Å². The van der Waals surface area contributed by atoms with Gasteiger partial charge < -0.3 is 20.6 Å². The van der Waals surface area contributed by atoms with E-state index in [4.69, 9.17) is 5.73 Å². The molecule has 160 valence electrons. The highest BCUT2D eigenvalue weighted by molar-refractivity contribution is 5.87. The van der Waals surface area contributed by atoms with E-state index < -0.39 is 5.60 Å². The Balaban J connectivity index is 1.66. The minimum Gasteiger partial charge on any atom is -0.375 e. The number of aliphatic hydroxyl groups is 1. The second-order valence-corrected chi connectivity index (χ2v) is 8.34. The van der Waals surface area contributed by atoms with E-state index >= 15 is 0 Å². The van der Waals surface area contributed by atoms with Gasteiger partial charge >= 0.3 is 0 Å². The Kier molecular flexibility index (Phi) is 7.53. The fraction of sp³-hybridized carbons (Fsp3) is 0.652. The number of hydrogen-bond donors (Lipinski definition) is 2. The summed E-state index contributed by atoms with van der Waals surface area (Å²) in [4.78, 5) is 21.9. The van der Waals surface area contributed by atoms with Crippen LogP contribution >= 0.6 is 0 Å². The summed E-state index contributed by atoms with van der Waals surface area (Å²) < 4.78 is 0. The summed E-state index contributed by atoms with van der Waals surface area (Å²) in [5.41, 5.74) is 5.44. The van der Waals surface area contributed by atoms with Crippen LogP contribution in [0.15, 0.2) is 35.3 Å². The molecule has 0 bridgehead atoms. The lowest BCUT2D eigenvalue weighted by molar-refractivity contribution is -0.160. The molecule has 1 saturated heterocycles. The second-order valence-electron chi connectivity index (χ2n) is 8.34. The standard InChI is InChI=1S/C23H36N4O2/c1-2-3-9-14-25-22(24)27-17-15-26(16-18-27)21(28)23(29,20-12-7-8-13-20)19-10-5-4-6-11-19/h4-6,10-11,20,29H,2-3,7-9,12-18H2,1H3,(H2,24,25). The van der Waals surface area contributed by atoms with Gasteiger partial charge in [0.2, 0.25) is 0 Å². The van der Waals surface area contributed by atoms with Gasteiger partial charge in [-0.25, -0.2) is 0 Å². The van der Waals surface area contributed by atoms with Crippen molar-refractivity contribution in [2.45, 2.75) is 57.5 Å². The van der Waals surface area contributed by atoms with Gasteiger partial charge in [0.1, 0.15) is 0 Å². The van der Waals surface area contributed by atoms with Crippen LogP contribution in [0.5, 0.6) is 0 Å². The summed E-state index contributed by atoms with van der Waals surface area (Å²) in [6, 6.07) is 9.48. The van der Waals surface area contributed by atoms with Gasteiger partial charge in [0.05, 0.1) is 0 Å². The van der Waals surface area contributed by atoms with Gasteiger partial charge in [-0.3, -0.25) is 9.79 Å². The van der Waals surface area contributed by atoms with E-state index in [0.29, 0.717) is 32.1 Å². The van der Waals surface area contributed by atoms with Crippen molar-refractivity contribution in [2.24, 2.45) is 16.6 Å². The summed E-state index contributed by atoms with van der Waals surface area (Å²) >= 11 is 0. The van der Waals surface area contributed by atoms with Crippen LogP contribution in [0.4, 0.5) is 0 Å². The Hall–Kier alpha value is -2.08. The number of carbonyl (C=O) groups is 1. The number of nitrogens with two attached hydrogens (primary N) is 1. The topological polar surface area (TPSA) is 82.2 Å². The van der Waals surface area contributed by atoms with Crippen LogP contribution < -0.4 is 5.73 Å². The van der Waals surface area contributed by atoms with Gasteiger partial charge in [0.25, 0.3) is 5.91 Å². The monoisotopic (exact) mass is 400 g/mol. The van der Waals surface area contributed by atoms with Crippen molar-refractivity contribution in [1.82, 2.24) is 9.80 Å². The molecule has 29 heavy (non-hydrogen) atoms. The van der Waals surface area contributed by atoms with E-state index in [1.54, 1.807) is 0 Å². The first kappa shape index (κ1) is 21.6. The fourth-order valence-electron chi connectivity index (χ4n) is 4.60. The minimum atomic E-state index is -1.43. The Labute approximate surface area is 174 Å². The molecule has 1 aromatic rings. The van der Waals surface area contributed by atoms with Gasteiger partial charge in [-0.15, -0.1) is 0 Å². The normalized spacial score (nSPS) is 20.7. The lowest BCUT2D eigenvalue weighted by atomic mass is 9.79. The fourth-order valence-corrected chi connectivity index (χ4v) is 4.60.